The average Bonchev–Trinajstić information content (AvgIpc) is 3.18. The lowest BCUT2D eigenvalue weighted by atomic mass is 10.0. The van der Waals surface area contributed by atoms with Gasteiger partial charge in [0.2, 0.25) is 0 Å². The topological polar surface area (TPSA) is 60.7 Å². The largest absolute Gasteiger partial charge is 0.468 e. The fraction of sp³-hybridized carbons (Fsp3) is 0.278. The number of amides is 1. The van der Waals surface area contributed by atoms with Crippen molar-refractivity contribution in [2.24, 2.45) is 4.99 Å². The lowest BCUT2D eigenvalue weighted by Gasteiger charge is -2.06. The van der Waals surface area contributed by atoms with E-state index in [-0.39, 0.29) is 12.5 Å². The minimum Gasteiger partial charge on any atom is -0.468 e. The first-order valence-corrected chi connectivity index (χ1v) is 9.94. The van der Waals surface area contributed by atoms with E-state index in [1.807, 2.05) is 12.1 Å². The molecule has 5 nitrogen and oxygen atoms in total. The minimum atomic E-state index is -0.397. The van der Waals surface area contributed by atoms with Crippen LogP contribution in [0, 0.1) is 0 Å². The fourth-order valence-electron chi connectivity index (χ4n) is 2.45. The molecule has 0 atom stereocenters. The van der Waals surface area contributed by atoms with Gasteiger partial charge in [0, 0.05) is 0 Å². The number of thiophene rings is 1. The average molecular weight is 409 g/mol. The highest BCUT2D eigenvalue weighted by Gasteiger charge is 2.14. The van der Waals surface area contributed by atoms with Crippen molar-refractivity contribution < 1.29 is 14.3 Å². The lowest BCUT2D eigenvalue weighted by Crippen LogP contribution is -2.22. The second kappa shape index (κ2) is 7.73. The Kier molecular flexibility index (Phi) is 5.60. The Morgan fingerprint density at radius 2 is 2.00 bits per heavy atom. The zero-order chi connectivity index (χ0) is 18.8. The van der Waals surface area contributed by atoms with Gasteiger partial charge < -0.3 is 9.30 Å². The zero-order valence-electron chi connectivity index (χ0n) is 14.5. The minimum absolute atomic E-state index is 0.00512. The zero-order valence-corrected chi connectivity index (χ0v) is 16.9. The molecule has 0 radical (unpaired) electrons. The number of thiazole rings is 1. The monoisotopic (exact) mass is 408 g/mol. The molecule has 1 amide bonds. The summed E-state index contributed by atoms with van der Waals surface area (Å²) in [4.78, 5) is 29.4. The molecule has 136 valence electrons. The molecule has 0 saturated heterocycles. The first-order chi connectivity index (χ1) is 12.4. The van der Waals surface area contributed by atoms with E-state index in [1.165, 1.54) is 35.3 Å². The maximum Gasteiger partial charge on any atom is 0.325 e. The lowest BCUT2D eigenvalue weighted by molar-refractivity contribution is -0.141. The van der Waals surface area contributed by atoms with Crippen LogP contribution in [0.15, 0.2) is 35.3 Å². The number of aromatic nitrogens is 1. The Morgan fingerprint density at radius 3 is 2.62 bits per heavy atom. The number of halogens is 1. The first kappa shape index (κ1) is 18.8. The summed E-state index contributed by atoms with van der Waals surface area (Å²) >= 11 is 8.45. The van der Waals surface area contributed by atoms with Crippen molar-refractivity contribution in [2.45, 2.75) is 26.3 Å². The van der Waals surface area contributed by atoms with Crippen molar-refractivity contribution in [1.29, 1.82) is 0 Å². The number of benzene rings is 1. The van der Waals surface area contributed by atoms with E-state index in [2.05, 4.69) is 24.9 Å². The smallest absolute Gasteiger partial charge is 0.325 e. The molecule has 0 aliphatic rings. The van der Waals surface area contributed by atoms with Gasteiger partial charge in [-0.05, 0) is 35.7 Å². The summed E-state index contributed by atoms with van der Waals surface area (Å²) in [5.74, 6) is -0.396. The summed E-state index contributed by atoms with van der Waals surface area (Å²) in [7, 11) is 1.34. The number of hydrogen-bond donors (Lipinski definition) is 0. The van der Waals surface area contributed by atoms with Crippen LogP contribution in [0.2, 0.25) is 4.34 Å². The van der Waals surface area contributed by atoms with Crippen LogP contribution in [0.3, 0.4) is 0 Å². The number of ether oxygens (including phenoxy) is 1. The number of methoxy groups -OCH3 is 1. The Bertz CT molecular complexity index is 1050. The van der Waals surface area contributed by atoms with Gasteiger partial charge in [0.1, 0.15) is 6.54 Å². The van der Waals surface area contributed by atoms with Crippen molar-refractivity contribution in [1.82, 2.24) is 4.57 Å². The molecule has 0 aliphatic heterocycles. The van der Waals surface area contributed by atoms with Gasteiger partial charge in [-0.25, -0.2) is 0 Å². The Labute approximate surface area is 163 Å². The third-order valence-electron chi connectivity index (χ3n) is 3.87. The Balaban J connectivity index is 2.15. The number of carbonyl (C=O) groups excluding carboxylic acids is 2. The number of fused-ring (bicyclic) bond motifs is 1. The number of rotatable bonds is 4. The molecule has 0 unspecified atom stereocenters. The van der Waals surface area contributed by atoms with Gasteiger partial charge in [-0.3, -0.25) is 9.59 Å². The second-order valence-corrected chi connectivity index (χ2v) is 8.67. The van der Waals surface area contributed by atoms with Gasteiger partial charge in [-0.2, -0.15) is 4.99 Å². The standard InChI is InChI=1S/C18H17ClN2O3S2/c1-10(2)11-4-5-12-14(8-11)26-18(21(12)9-16(22)24-3)20-17(23)13-6-7-15(19)25-13/h4-8,10H,9H2,1-3H3. The summed E-state index contributed by atoms with van der Waals surface area (Å²) < 4.78 is 8.00. The van der Waals surface area contributed by atoms with E-state index in [4.69, 9.17) is 16.3 Å². The molecule has 0 bridgehead atoms. The van der Waals surface area contributed by atoms with E-state index in [9.17, 15) is 9.59 Å². The number of hydrogen-bond acceptors (Lipinski definition) is 5. The van der Waals surface area contributed by atoms with Gasteiger partial charge in [0.15, 0.2) is 4.80 Å². The quantitative estimate of drug-likeness (QED) is 0.599. The molecule has 0 spiro atoms. The molecule has 2 heterocycles. The SMILES string of the molecule is COC(=O)Cn1c(=NC(=O)c2ccc(Cl)s2)sc2cc(C(C)C)ccc21. The highest BCUT2D eigenvalue weighted by atomic mass is 35.5. The predicted octanol–water partition coefficient (Wildman–Crippen LogP) is 4.46. The summed E-state index contributed by atoms with van der Waals surface area (Å²) in [5, 5.41) is 0. The molecule has 2 aromatic heterocycles. The number of carbonyl (C=O) groups is 2. The van der Waals surface area contributed by atoms with Crippen molar-refractivity contribution in [3.05, 3.63) is 49.9 Å². The van der Waals surface area contributed by atoms with Crippen LogP contribution in [-0.4, -0.2) is 23.6 Å². The van der Waals surface area contributed by atoms with E-state index in [0.717, 1.165) is 10.2 Å². The van der Waals surface area contributed by atoms with E-state index >= 15 is 0 Å². The molecule has 8 heteroatoms. The molecule has 3 aromatic rings. The van der Waals surface area contributed by atoms with Crippen molar-refractivity contribution in [3.63, 3.8) is 0 Å². The summed E-state index contributed by atoms with van der Waals surface area (Å²) in [6, 6.07) is 9.36. The summed E-state index contributed by atoms with van der Waals surface area (Å²) in [6.45, 7) is 4.23. The normalized spacial score (nSPS) is 12.1. The number of nitrogens with zero attached hydrogens (tertiary/aromatic N) is 2. The van der Waals surface area contributed by atoms with Crippen LogP contribution in [0.25, 0.3) is 10.2 Å². The fourth-order valence-corrected chi connectivity index (χ4v) is 4.46. The molecular formula is C18H17ClN2O3S2. The van der Waals surface area contributed by atoms with Crippen LogP contribution >= 0.6 is 34.3 Å². The Hall–Kier alpha value is -1.96. The van der Waals surface area contributed by atoms with E-state index < -0.39 is 5.97 Å². The molecule has 3 rings (SSSR count). The van der Waals surface area contributed by atoms with Gasteiger partial charge in [0.05, 0.1) is 26.5 Å². The summed E-state index contributed by atoms with van der Waals surface area (Å²) in [5.41, 5.74) is 2.03. The van der Waals surface area contributed by atoms with E-state index in [0.29, 0.717) is 19.9 Å². The highest BCUT2D eigenvalue weighted by molar-refractivity contribution is 7.18. The maximum absolute atomic E-state index is 12.4. The van der Waals surface area contributed by atoms with Gasteiger partial charge in [-0.15, -0.1) is 11.3 Å². The van der Waals surface area contributed by atoms with Crippen LogP contribution in [0.4, 0.5) is 0 Å². The van der Waals surface area contributed by atoms with Crippen molar-refractivity contribution >= 4 is 56.4 Å². The van der Waals surface area contributed by atoms with Crippen molar-refractivity contribution in [3.8, 4) is 0 Å². The van der Waals surface area contributed by atoms with Crippen LogP contribution in [-0.2, 0) is 16.1 Å². The molecule has 1 aromatic carbocycles. The summed E-state index contributed by atoms with van der Waals surface area (Å²) in [6.07, 6.45) is 0. The second-order valence-electron chi connectivity index (χ2n) is 5.95. The highest BCUT2D eigenvalue weighted by Crippen LogP contribution is 2.25. The molecule has 26 heavy (non-hydrogen) atoms. The van der Waals surface area contributed by atoms with Crippen LogP contribution in [0.1, 0.15) is 35.0 Å². The van der Waals surface area contributed by atoms with E-state index in [1.54, 1.807) is 16.7 Å². The predicted molar refractivity (Wildman–Crippen MR) is 105 cm³/mol. The molecular weight excluding hydrogens is 392 g/mol. The first-order valence-electron chi connectivity index (χ1n) is 7.93. The van der Waals surface area contributed by atoms with Gasteiger partial charge >= 0.3 is 5.97 Å². The van der Waals surface area contributed by atoms with Crippen LogP contribution in [0.5, 0.6) is 0 Å². The Morgan fingerprint density at radius 1 is 1.23 bits per heavy atom. The van der Waals surface area contributed by atoms with Gasteiger partial charge in [0.25, 0.3) is 5.91 Å². The van der Waals surface area contributed by atoms with Crippen LogP contribution < -0.4 is 4.80 Å². The molecule has 0 saturated carbocycles. The maximum atomic E-state index is 12.4. The molecule has 0 N–H and O–H groups in total. The van der Waals surface area contributed by atoms with Gasteiger partial charge in [-0.1, -0.05) is 42.9 Å². The third kappa shape index (κ3) is 3.90. The molecule has 0 fully saturated rings. The number of esters is 1. The third-order valence-corrected chi connectivity index (χ3v) is 6.13. The van der Waals surface area contributed by atoms with Crippen molar-refractivity contribution in [2.75, 3.05) is 7.11 Å². The molecule has 0 aliphatic carbocycles.